The van der Waals surface area contributed by atoms with Crippen molar-refractivity contribution in [1.29, 1.82) is 0 Å². The van der Waals surface area contributed by atoms with Crippen molar-refractivity contribution in [3.63, 3.8) is 0 Å². The molecule has 1 saturated heterocycles. The van der Waals surface area contributed by atoms with Gasteiger partial charge in [-0.3, -0.25) is 76.9 Å². The number of rotatable bonds is 53. The van der Waals surface area contributed by atoms with Crippen molar-refractivity contribution in [2.45, 2.75) is 292 Å². The fraction of sp³-hybridized carbons (Fsp3) is 0.575. The lowest BCUT2D eigenvalue weighted by atomic mass is 9.89. The van der Waals surface area contributed by atoms with Gasteiger partial charge in [-0.25, -0.2) is 9.18 Å². The van der Waals surface area contributed by atoms with Gasteiger partial charge in [0.1, 0.15) is 66.3 Å². The van der Waals surface area contributed by atoms with Gasteiger partial charge in [0, 0.05) is 148 Å². The number of aliphatic imine (C=N–C) groups is 1. The van der Waals surface area contributed by atoms with Gasteiger partial charge < -0.3 is 103 Å². The number of carboxylic acids is 2. The van der Waals surface area contributed by atoms with Gasteiger partial charge in [-0.1, -0.05) is 145 Å². The van der Waals surface area contributed by atoms with Crippen molar-refractivity contribution in [3.05, 3.63) is 148 Å². The van der Waals surface area contributed by atoms with E-state index in [4.69, 9.17) is 30.4 Å². The molecule has 0 aliphatic carbocycles. The number of carbonyl (C=O) groups excluding carboxylic acids is 14. The van der Waals surface area contributed by atoms with Gasteiger partial charge in [-0.05, 0) is 154 Å². The van der Waals surface area contributed by atoms with Gasteiger partial charge in [0.25, 0.3) is 0 Å². The number of phenols is 1. The fourth-order valence-corrected chi connectivity index (χ4v) is 19.4. The number of nitrogens with two attached hydrogens (primary N) is 2. The van der Waals surface area contributed by atoms with E-state index >= 15 is 28.4 Å². The number of thioether (sulfide) groups is 2. The van der Waals surface area contributed by atoms with Crippen LogP contribution in [0.2, 0.25) is 0 Å². The Hall–Kier alpha value is -11.8. The van der Waals surface area contributed by atoms with Gasteiger partial charge in [0.15, 0.2) is 11.6 Å². The third kappa shape index (κ3) is 44.1. The number of carbonyl (C=O) groups is 16. The molecule has 10 atom stereocenters. The van der Waals surface area contributed by atoms with E-state index in [2.05, 4.69) is 64.8 Å². The SMILES string of the molecule is CCCCCCCCCCCCCCCC(=O)N[C@@H](CCC(=O)CCCOCCOCC(=O)NCCOCCOCC(=O)NCc1cccc(C[C@@H]2CC(=O)[C@@H](C)NC(=O)[C@H](CCCCN)NC(=O)CCSCc3cccc(c3)CSC[C@@H](C(N)=O)NC(=O)[C@]3(C)CCCN3C(=O)[C@H](Cc3ccc(O)cc3)NC(=O)[C@H](CC3=CN=CC3)CC(=O)[C@H](CC(=O)O)NC(=O)[C@H](Cc3c[nH]c4ccc(F)cc34)NC2=O)c1)C(=O)O. The minimum Gasteiger partial charge on any atom is -0.508 e. The van der Waals surface area contributed by atoms with Crippen LogP contribution in [0.5, 0.6) is 5.75 Å². The number of H-pyrrole nitrogens is 1. The van der Waals surface area contributed by atoms with Gasteiger partial charge >= 0.3 is 11.9 Å². The number of halogens is 1. The zero-order chi connectivity index (χ0) is 106. The van der Waals surface area contributed by atoms with E-state index in [1.807, 2.05) is 24.3 Å². The number of ether oxygens (including phenoxy) is 4. The monoisotopic (exact) mass is 2070 g/mol. The van der Waals surface area contributed by atoms with E-state index in [0.717, 1.165) is 30.4 Å². The number of aromatic nitrogens is 1. The Balaban J connectivity index is 0.904. The summed E-state index contributed by atoms with van der Waals surface area (Å²) in [4.78, 5) is 232. The number of hydrogen-bond donors (Lipinski definition) is 15. The van der Waals surface area contributed by atoms with Crippen LogP contribution in [0.25, 0.3) is 10.9 Å². The molecule has 2 bridgehead atoms. The van der Waals surface area contributed by atoms with Crippen LogP contribution in [-0.2, 0) is 133 Å². The first-order valence-electron chi connectivity index (χ1n) is 51.1. The maximum atomic E-state index is 15.6. The molecule has 11 amide bonds. The number of Topliss-reactive ketones (excluding diaryl/α,β-unsaturated/α-hetero) is 3. The zero-order valence-corrected chi connectivity index (χ0v) is 85.9. The Morgan fingerprint density at radius 3 is 1.90 bits per heavy atom. The van der Waals surface area contributed by atoms with Crippen molar-refractivity contribution in [1.82, 2.24) is 57.7 Å². The van der Waals surface area contributed by atoms with Crippen LogP contribution in [0.3, 0.4) is 0 Å². The molecule has 4 aromatic carbocycles. The van der Waals surface area contributed by atoms with E-state index in [-0.39, 0.29) is 184 Å². The second kappa shape index (κ2) is 65.7. The van der Waals surface area contributed by atoms with Crippen LogP contribution in [-0.4, -0.2) is 258 Å². The van der Waals surface area contributed by atoms with E-state index in [1.165, 1.54) is 155 Å². The summed E-state index contributed by atoms with van der Waals surface area (Å²) in [7, 11) is 0. The van der Waals surface area contributed by atoms with Crippen LogP contribution in [0.15, 0.2) is 114 Å². The fourth-order valence-electron chi connectivity index (χ4n) is 17.5. The van der Waals surface area contributed by atoms with E-state index in [1.54, 1.807) is 30.5 Å². The smallest absolute Gasteiger partial charge is 0.326 e. The summed E-state index contributed by atoms with van der Waals surface area (Å²) in [6.07, 6.45) is 18.6. The number of ketones is 3. The normalized spacial score (nSPS) is 20.4. The maximum absolute atomic E-state index is 15.6. The number of amides is 11. The summed E-state index contributed by atoms with van der Waals surface area (Å²) in [5.74, 6) is -14.6. The number of fused-ring (bicyclic) bond motifs is 4. The first kappa shape index (κ1) is 119. The first-order valence-corrected chi connectivity index (χ1v) is 53.4. The summed E-state index contributed by atoms with van der Waals surface area (Å²) >= 11 is 2.79. The number of aromatic hydroxyl groups is 1. The quantitative estimate of drug-likeness (QED) is 0.0161. The van der Waals surface area contributed by atoms with Crippen LogP contribution in [0.4, 0.5) is 4.39 Å². The van der Waals surface area contributed by atoms with Gasteiger partial charge in [-0.2, -0.15) is 23.5 Å². The second-order valence-electron chi connectivity index (χ2n) is 37.8. The number of primary amides is 1. The molecule has 146 heavy (non-hydrogen) atoms. The van der Waals surface area contributed by atoms with Crippen molar-refractivity contribution in [2.75, 3.05) is 84.0 Å². The molecule has 0 saturated carbocycles. The average Bonchev–Trinajstić information content (AvgIpc) is 1.60. The average molecular weight is 2070 g/mol. The number of aromatic amines is 1. The number of allylic oxidation sites excluding steroid dienone is 1. The molecule has 1 fully saturated rings. The highest BCUT2D eigenvalue weighted by Crippen LogP contribution is 2.33. The predicted octanol–water partition coefficient (Wildman–Crippen LogP) is 8.89. The van der Waals surface area contributed by atoms with Gasteiger partial charge in [0.2, 0.25) is 65.0 Å². The topological polar surface area (TPSA) is 562 Å². The Morgan fingerprint density at radius 2 is 1.23 bits per heavy atom. The van der Waals surface area contributed by atoms with Crippen LogP contribution >= 0.6 is 23.5 Å². The van der Waals surface area contributed by atoms with E-state index < -0.39 is 174 Å². The maximum Gasteiger partial charge on any atom is 0.326 e. The highest BCUT2D eigenvalue weighted by atomic mass is 32.2. The highest BCUT2D eigenvalue weighted by Gasteiger charge is 2.49. The molecule has 0 spiro atoms. The molecule has 3 aliphatic rings. The van der Waals surface area contributed by atoms with Crippen molar-refractivity contribution < 1.29 is 115 Å². The van der Waals surface area contributed by atoms with Gasteiger partial charge in [-0.15, -0.1) is 0 Å². The summed E-state index contributed by atoms with van der Waals surface area (Å²) in [6, 6.07) is 13.9. The minimum atomic E-state index is -1.95. The lowest BCUT2D eigenvalue weighted by molar-refractivity contribution is -0.147. The Kier molecular flexibility index (Phi) is 53.7. The van der Waals surface area contributed by atoms with Crippen molar-refractivity contribution in [3.8, 4) is 5.75 Å². The Bertz CT molecular complexity index is 5180. The zero-order valence-electron chi connectivity index (χ0n) is 84.3. The number of aliphatic carboxylic acids is 2. The third-order valence-electron chi connectivity index (χ3n) is 25.8. The van der Waals surface area contributed by atoms with Crippen LogP contribution < -0.4 is 59.3 Å². The molecular formula is C106H149FN14O23S2. The Labute approximate surface area is 861 Å². The number of phenolic OH excluding ortho intramolecular Hbond substituents is 1. The van der Waals surface area contributed by atoms with E-state index in [0.29, 0.717) is 77.1 Å². The standard InChI is InChI=1S/C106H149FN14O23S2/c1-4-5-6-7-8-9-10-11-12-13-14-15-16-29-93(126)116-86(104(138)139)37-35-81(122)27-21-45-141-47-49-143-65-95(128)111-43-46-142-48-50-144-66-96(129)113-63-73-24-19-23-72(52-73)54-77-58-91(124)70(2)114-101(135)85(28-17-18-41-108)115-94(127)39-51-145-67-75-25-20-26-76(53-75)68-146-69-90(98(109)132)120-105(140)106(3)40-22-44-121(106)103(137)89(56-71-30-33-82(123)34-31-71)119-100(134)78(55-74-38-42-110-62-74)59-92(125)87(61-97(130)131)117-102(136)88(118-99(77)133)57-79-64-112-84-36-32-80(107)60-83(79)84/h19-20,23-26,30-34,36,42,52-53,60,62,64,70,77-78,85-90,112,123H,4-18,21-22,27-29,35,37-41,43-51,54-59,61,63,65-69,108H2,1-3H3,(H2,109,132)(H,111,128)(H,113,129)(H,114,135)(H,115,127)(H,116,126)(H,117,136)(H,118,133)(H,119,134)(H,120,140)(H,130,131)(H,138,139)/t70-,77-,78-,85+,86+,87+,88+,89+,90+,106+/m1/s1. The summed E-state index contributed by atoms with van der Waals surface area (Å²) in [6.45, 7) is 5.53. The molecule has 3 aliphatic heterocycles. The van der Waals surface area contributed by atoms with E-state index in [9.17, 15) is 68.1 Å². The van der Waals surface area contributed by atoms with Crippen LogP contribution in [0, 0.1) is 17.7 Å². The molecule has 17 N–H and O–H groups in total. The summed E-state index contributed by atoms with van der Waals surface area (Å²) in [5, 5.41) is 55.4. The third-order valence-corrected chi connectivity index (χ3v) is 28.0. The van der Waals surface area contributed by atoms with Crippen molar-refractivity contribution >= 4 is 135 Å². The minimum absolute atomic E-state index is 0.00380. The number of unbranched alkanes of at least 4 members (excludes halogenated alkanes) is 13. The molecule has 40 heteroatoms. The summed E-state index contributed by atoms with van der Waals surface area (Å²) in [5.41, 5.74) is 14.6. The highest BCUT2D eigenvalue weighted by molar-refractivity contribution is 7.98. The van der Waals surface area contributed by atoms with Gasteiger partial charge in [0.05, 0.1) is 51.5 Å². The number of nitrogens with zero attached hydrogens (tertiary/aromatic N) is 2. The molecular weight excluding hydrogens is 1920 g/mol. The Morgan fingerprint density at radius 1 is 0.603 bits per heavy atom. The molecule has 5 aromatic rings. The molecule has 8 rings (SSSR count). The second-order valence-corrected chi connectivity index (χ2v) is 39.9. The lowest BCUT2D eigenvalue weighted by Crippen LogP contribution is -2.62. The largest absolute Gasteiger partial charge is 0.508 e. The first-order chi connectivity index (χ1) is 70.3. The molecule has 0 unspecified atom stereocenters. The molecule has 800 valence electrons. The number of hydrogen-bond acceptors (Lipinski definition) is 25. The summed E-state index contributed by atoms with van der Waals surface area (Å²) < 4.78 is 37.4. The lowest BCUT2D eigenvalue weighted by Gasteiger charge is -2.37. The molecule has 0 radical (unpaired) electrons. The predicted molar refractivity (Wildman–Crippen MR) is 552 cm³/mol. The number of carboxylic acid groups (broad SMARTS) is 2. The molecule has 37 nitrogen and oxygen atoms in total. The molecule has 1 aromatic heterocycles. The number of nitrogens with one attached hydrogen (secondary N) is 10. The van der Waals surface area contributed by atoms with Crippen molar-refractivity contribution in [2.24, 2.45) is 28.3 Å². The number of benzene rings is 4. The molecule has 4 heterocycles. The van der Waals surface area contributed by atoms with Crippen LogP contribution in [0.1, 0.15) is 240 Å².